The third-order valence-electron chi connectivity index (χ3n) is 4.97. The molecule has 0 saturated carbocycles. The largest absolute Gasteiger partial charge is 0.326 e. The molecule has 4 rings (SSSR count). The van der Waals surface area contributed by atoms with Gasteiger partial charge in [-0.1, -0.05) is 47.8 Å². The van der Waals surface area contributed by atoms with Crippen LogP contribution >= 0.6 is 23.2 Å². The lowest BCUT2D eigenvalue weighted by Gasteiger charge is -2.23. The molecule has 2 aromatic carbocycles. The highest BCUT2D eigenvalue weighted by atomic mass is 35.5. The topological polar surface area (TPSA) is 63.1 Å². The van der Waals surface area contributed by atoms with Gasteiger partial charge in [-0.15, -0.1) is 10.2 Å². The molecule has 2 heterocycles. The Bertz CT molecular complexity index is 1010. The molecule has 1 N–H and O–H groups in total. The van der Waals surface area contributed by atoms with Crippen molar-refractivity contribution in [3.05, 3.63) is 70.2 Å². The maximum absolute atomic E-state index is 13.2. The minimum absolute atomic E-state index is 0.300. The number of rotatable bonds is 4. The summed E-state index contributed by atoms with van der Waals surface area (Å²) in [5.41, 5.74) is 1.27. The van der Waals surface area contributed by atoms with Gasteiger partial charge in [0.05, 0.1) is 17.3 Å². The number of aromatic nitrogens is 3. The van der Waals surface area contributed by atoms with E-state index < -0.39 is 0 Å². The van der Waals surface area contributed by atoms with E-state index in [9.17, 15) is 4.79 Å². The van der Waals surface area contributed by atoms with Crippen LogP contribution in [0.4, 0.5) is 16.2 Å². The molecule has 1 aliphatic rings. The second kappa shape index (κ2) is 8.84. The summed E-state index contributed by atoms with van der Waals surface area (Å²) in [6.07, 6.45) is 4.32. The van der Waals surface area contributed by atoms with Gasteiger partial charge in [-0.2, -0.15) is 0 Å². The normalized spacial score (nSPS) is 13.4. The van der Waals surface area contributed by atoms with Crippen molar-refractivity contribution < 1.29 is 4.79 Å². The highest BCUT2D eigenvalue weighted by Crippen LogP contribution is 2.27. The number of para-hydroxylation sites is 1. The van der Waals surface area contributed by atoms with Crippen molar-refractivity contribution in [1.29, 1.82) is 0 Å². The first-order valence-corrected chi connectivity index (χ1v) is 10.4. The Hall–Kier alpha value is -2.57. The predicted octanol–water partition coefficient (Wildman–Crippen LogP) is 5.55. The second-order valence-corrected chi connectivity index (χ2v) is 7.81. The molecular weight excluding hydrogens is 409 g/mol. The molecule has 3 aromatic rings. The van der Waals surface area contributed by atoms with Crippen molar-refractivity contribution in [3.63, 3.8) is 0 Å². The molecule has 0 saturated heterocycles. The quantitative estimate of drug-likeness (QED) is 0.590. The first-order chi connectivity index (χ1) is 14.1. The number of carbonyl (C=O) groups is 1. The lowest BCUT2D eigenvalue weighted by molar-refractivity contribution is 0.256. The van der Waals surface area contributed by atoms with E-state index >= 15 is 0 Å². The van der Waals surface area contributed by atoms with Gasteiger partial charge in [-0.3, -0.25) is 4.90 Å². The van der Waals surface area contributed by atoms with E-state index in [1.54, 1.807) is 23.1 Å². The van der Waals surface area contributed by atoms with Gasteiger partial charge < -0.3 is 9.88 Å². The molecule has 0 fully saturated rings. The number of benzene rings is 2. The minimum atomic E-state index is -0.300. The molecule has 1 aromatic heterocycles. The van der Waals surface area contributed by atoms with Gasteiger partial charge >= 0.3 is 6.03 Å². The van der Waals surface area contributed by atoms with Gasteiger partial charge in [0.2, 0.25) is 0 Å². The van der Waals surface area contributed by atoms with E-state index in [1.165, 1.54) is 6.42 Å². The minimum Gasteiger partial charge on any atom is -0.313 e. The van der Waals surface area contributed by atoms with Crippen LogP contribution in [-0.2, 0) is 19.5 Å². The molecule has 1 aliphatic heterocycles. The lowest BCUT2D eigenvalue weighted by atomic mass is 10.2. The first-order valence-electron chi connectivity index (χ1n) is 9.61. The lowest BCUT2D eigenvalue weighted by Crippen LogP contribution is -2.35. The molecule has 8 heteroatoms. The zero-order chi connectivity index (χ0) is 20.2. The number of aryl methyl sites for hydroxylation is 1. The molecule has 0 aliphatic carbocycles. The van der Waals surface area contributed by atoms with Crippen LogP contribution in [0.1, 0.15) is 30.9 Å². The van der Waals surface area contributed by atoms with Crippen molar-refractivity contribution in [2.75, 3.05) is 10.2 Å². The summed E-state index contributed by atoms with van der Waals surface area (Å²) in [5, 5.41) is 12.5. The van der Waals surface area contributed by atoms with Crippen LogP contribution < -0.4 is 10.2 Å². The summed E-state index contributed by atoms with van der Waals surface area (Å²) in [5.74, 6) is 1.77. The first kappa shape index (κ1) is 19.7. The van der Waals surface area contributed by atoms with E-state index in [0.717, 1.165) is 43.1 Å². The Morgan fingerprint density at radius 3 is 2.69 bits per heavy atom. The van der Waals surface area contributed by atoms with Crippen molar-refractivity contribution in [2.45, 2.75) is 38.8 Å². The maximum atomic E-state index is 13.2. The van der Waals surface area contributed by atoms with Crippen molar-refractivity contribution in [2.24, 2.45) is 0 Å². The number of anilines is 2. The van der Waals surface area contributed by atoms with Gasteiger partial charge in [-0.05, 0) is 43.2 Å². The Morgan fingerprint density at radius 2 is 1.90 bits per heavy atom. The smallest absolute Gasteiger partial charge is 0.313 e. The molecule has 0 unspecified atom stereocenters. The fourth-order valence-electron chi connectivity index (χ4n) is 3.47. The van der Waals surface area contributed by atoms with Gasteiger partial charge in [-0.25, -0.2) is 4.79 Å². The van der Waals surface area contributed by atoms with E-state index in [0.29, 0.717) is 22.3 Å². The number of nitrogens with zero attached hydrogens (tertiary/aromatic N) is 4. The summed E-state index contributed by atoms with van der Waals surface area (Å²) in [7, 11) is 0. The molecule has 6 nitrogen and oxygen atoms in total. The molecular formula is C21H21Cl2N5O. The van der Waals surface area contributed by atoms with Crippen molar-refractivity contribution in [3.8, 4) is 0 Å². The van der Waals surface area contributed by atoms with Crippen LogP contribution in [0, 0.1) is 0 Å². The SMILES string of the molecule is O=C(Nc1ccc(Cl)cc1Cl)N(Cc1nnc2n1CCCCC2)c1ccccc1. The van der Waals surface area contributed by atoms with Crippen LogP contribution in [0.2, 0.25) is 10.0 Å². The fourth-order valence-corrected chi connectivity index (χ4v) is 3.92. The maximum Gasteiger partial charge on any atom is 0.326 e. The third-order valence-corrected chi connectivity index (χ3v) is 5.52. The Morgan fingerprint density at radius 1 is 1.07 bits per heavy atom. The molecule has 0 bridgehead atoms. The summed E-state index contributed by atoms with van der Waals surface area (Å²) in [6, 6.07) is 14.2. The van der Waals surface area contributed by atoms with Gasteiger partial charge in [0.25, 0.3) is 0 Å². The molecule has 0 atom stereocenters. The van der Waals surface area contributed by atoms with Gasteiger partial charge in [0, 0.05) is 23.7 Å². The predicted molar refractivity (Wildman–Crippen MR) is 116 cm³/mol. The monoisotopic (exact) mass is 429 g/mol. The number of amides is 2. The number of urea groups is 1. The number of nitrogens with one attached hydrogen (secondary N) is 1. The third kappa shape index (κ3) is 4.54. The zero-order valence-corrected chi connectivity index (χ0v) is 17.3. The molecule has 0 radical (unpaired) electrons. The zero-order valence-electron chi connectivity index (χ0n) is 15.8. The van der Waals surface area contributed by atoms with E-state index in [1.807, 2.05) is 30.3 Å². The van der Waals surface area contributed by atoms with Crippen LogP contribution in [0.15, 0.2) is 48.5 Å². The van der Waals surface area contributed by atoms with Crippen molar-refractivity contribution in [1.82, 2.24) is 14.8 Å². The average Bonchev–Trinajstić information content (AvgIpc) is 2.94. The fraction of sp³-hybridized carbons (Fsp3) is 0.286. The van der Waals surface area contributed by atoms with Crippen LogP contribution in [0.3, 0.4) is 0 Å². The summed E-state index contributed by atoms with van der Waals surface area (Å²) in [6.45, 7) is 1.19. The standard InChI is InChI=1S/C21H21Cl2N5O/c22-15-10-11-18(17(23)13-15)24-21(29)28(16-7-3-1-4-8-16)14-20-26-25-19-9-5-2-6-12-27(19)20/h1,3-4,7-8,10-11,13H,2,5-6,9,12,14H2,(H,24,29). The summed E-state index contributed by atoms with van der Waals surface area (Å²) in [4.78, 5) is 14.8. The molecule has 2 amide bonds. The summed E-state index contributed by atoms with van der Waals surface area (Å²) < 4.78 is 2.14. The Balaban J connectivity index is 1.62. The van der Waals surface area contributed by atoms with E-state index in [-0.39, 0.29) is 6.03 Å². The van der Waals surface area contributed by atoms with Gasteiger partial charge in [0.15, 0.2) is 5.82 Å². The number of hydrogen-bond donors (Lipinski definition) is 1. The number of fused-ring (bicyclic) bond motifs is 1. The summed E-state index contributed by atoms with van der Waals surface area (Å²) >= 11 is 12.2. The highest BCUT2D eigenvalue weighted by molar-refractivity contribution is 6.36. The highest BCUT2D eigenvalue weighted by Gasteiger charge is 2.22. The van der Waals surface area contributed by atoms with Gasteiger partial charge in [0.1, 0.15) is 5.82 Å². The number of halogens is 2. The second-order valence-electron chi connectivity index (χ2n) is 6.97. The Labute approximate surface area is 179 Å². The average molecular weight is 430 g/mol. The van der Waals surface area contributed by atoms with E-state index in [2.05, 4.69) is 20.1 Å². The van der Waals surface area contributed by atoms with Crippen LogP contribution in [0.25, 0.3) is 0 Å². The van der Waals surface area contributed by atoms with Crippen LogP contribution in [0.5, 0.6) is 0 Å². The van der Waals surface area contributed by atoms with Crippen LogP contribution in [-0.4, -0.2) is 20.8 Å². The number of hydrogen-bond acceptors (Lipinski definition) is 3. The molecule has 0 spiro atoms. The molecule has 150 valence electrons. The molecule has 29 heavy (non-hydrogen) atoms. The van der Waals surface area contributed by atoms with E-state index in [4.69, 9.17) is 23.2 Å². The van der Waals surface area contributed by atoms with Crippen molar-refractivity contribution >= 4 is 40.6 Å². The number of carbonyl (C=O) groups excluding carboxylic acids is 1. The Kier molecular flexibility index (Phi) is 6.02.